The Morgan fingerprint density at radius 2 is 2.08 bits per heavy atom. The van der Waals surface area contributed by atoms with Crippen LogP contribution in [-0.4, -0.2) is 45.1 Å². The maximum absolute atomic E-state index is 4.73. The molecule has 1 aliphatic heterocycles. The van der Waals surface area contributed by atoms with E-state index < -0.39 is 0 Å². The van der Waals surface area contributed by atoms with E-state index in [1.807, 2.05) is 32.1 Å². The summed E-state index contributed by atoms with van der Waals surface area (Å²) in [6, 6.07) is 2.91. The van der Waals surface area contributed by atoms with Gasteiger partial charge in [-0.05, 0) is 40.2 Å². The third kappa shape index (κ3) is 3.43. The standard InChI is InChI=1S/C18H28N6/c1-13(2)24-10-8-19-18(24)12-23-9-6-7-16(23)15-11-17(22(4)5)21-14(3)20-15/h8,10-11,13,16H,6-7,9,12H2,1-5H3. The summed E-state index contributed by atoms with van der Waals surface area (Å²) in [4.78, 5) is 18.4. The Balaban J connectivity index is 1.84. The van der Waals surface area contributed by atoms with E-state index >= 15 is 0 Å². The average molecular weight is 328 g/mol. The van der Waals surface area contributed by atoms with Crippen LogP contribution in [0.2, 0.25) is 0 Å². The van der Waals surface area contributed by atoms with Gasteiger partial charge in [0.1, 0.15) is 17.5 Å². The highest BCUT2D eigenvalue weighted by molar-refractivity contribution is 5.38. The zero-order valence-corrected chi connectivity index (χ0v) is 15.4. The van der Waals surface area contributed by atoms with E-state index in [2.05, 4.69) is 45.5 Å². The van der Waals surface area contributed by atoms with Gasteiger partial charge in [-0.2, -0.15) is 0 Å². The van der Waals surface area contributed by atoms with Gasteiger partial charge < -0.3 is 9.47 Å². The van der Waals surface area contributed by atoms with Crippen LogP contribution in [0.15, 0.2) is 18.5 Å². The number of aromatic nitrogens is 4. The number of rotatable bonds is 5. The van der Waals surface area contributed by atoms with Crippen molar-refractivity contribution in [3.63, 3.8) is 0 Å². The maximum atomic E-state index is 4.73. The van der Waals surface area contributed by atoms with Gasteiger partial charge in [-0.3, -0.25) is 4.90 Å². The van der Waals surface area contributed by atoms with Crippen molar-refractivity contribution in [2.24, 2.45) is 0 Å². The summed E-state index contributed by atoms with van der Waals surface area (Å²) >= 11 is 0. The van der Waals surface area contributed by atoms with E-state index in [0.717, 1.165) is 42.7 Å². The molecule has 0 aromatic carbocycles. The molecule has 0 spiro atoms. The predicted octanol–water partition coefficient (Wildman–Crippen LogP) is 2.97. The molecule has 1 aliphatic rings. The number of hydrogen-bond donors (Lipinski definition) is 0. The van der Waals surface area contributed by atoms with Crippen molar-refractivity contribution in [2.45, 2.75) is 52.2 Å². The van der Waals surface area contributed by atoms with Crippen LogP contribution < -0.4 is 4.90 Å². The second-order valence-corrected chi connectivity index (χ2v) is 7.07. The highest BCUT2D eigenvalue weighted by Crippen LogP contribution is 2.33. The minimum absolute atomic E-state index is 0.350. The summed E-state index contributed by atoms with van der Waals surface area (Å²) in [5, 5.41) is 0. The summed E-state index contributed by atoms with van der Waals surface area (Å²) in [7, 11) is 4.05. The predicted molar refractivity (Wildman–Crippen MR) is 96.1 cm³/mol. The second kappa shape index (κ2) is 6.89. The second-order valence-electron chi connectivity index (χ2n) is 7.07. The van der Waals surface area contributed by atoms with Gasteiger partial charge in [-0.25, -0.2) is 15.0 Å². The number of nitrogens with zero attached hydrogens (tertiary/aromatic N) is 6. The van der Waals surface area contributed by atoms with Crippen LogP contribution in [0, 0.1) is 6.92 Å². The molecular weight excluding hydrogens is 300 g/mol. The fraction of sp³-hybridized carbons (Fsp3) is 0.611. The van der Waals surface area contributed by atoms with Crippen LogP contribution >= 0.6 is 0 Å². The third-order valence-corrected chi connectivity index (χ3v) is 4.66. The van der Waals surface area contributed by atoms with Crippen LogP contribution in [0.25, 0.3) is 0 Å². The molecule has 130 valence electrons. The molecule has 1 unspecified atom stereocenters. The number of imidazole rings is 1. The molecule has 24 heavy (non-hydrogen) atoms. The van der Waals surface area contributed by atoms with Crippen molar-refractivity contribution in [3.05, 3.63) is 35.8 Å². The highest BCUT2D eigenvalue weighted by atomic mass is 15.2. The van der Waals surface area contributed by atoms with Gasteiger partial charge in [-0.1, -0.05) is 0 Å². The van der Waals surface area contributed by atoms with Gasteiger partial charge in [0, 0.05) is 38.6 Å². The topological polar surface area (TPSA) is 50.1 Å². The number of likely N-dealkylation sites (tertiary alicyclic amines) is 1. The van der Waals surface area contributed by atoms with Crippen LogP contribution in [0.4, 0.5) is 5.82 Å². The Hall–Kier alpha value is -1.95. The van der Waals surface area contributed by atoms with Gasteiger partial charge in [0.25, 0.3) is 0 Å². The average Bonchev–Trinajstić information content (AvgIpc) is 3.16. The van der Waals surface area contributed by atoms with E-state index in [0.29, 0.717) is 12.1 Å². The number of anilines is 1. The monoisotopic (exact) mass is 328 g/mol. The van der Waals surface area contributed by atoms with E-state index in [9.17, 15) is 0 Å². The Bertz CT molecular complexity index is 691. The fourth-order valence-corrected chi connectivity index (χ4v) is 3.44. The lowest BCUT2D eigenvalue weighted by molar-refractivity contribution is 0.233. The molecule has 0 amide bonds. The minimum atomic E-state index is 0.350. The first-order valence-electron chi connectivity index (χ1n) is 8.74. The molecule has 2 aromatic heterocycles. The Labute approximate surface area is 144 Å². The largest absolute Gasteiger partial charge is 0.363 e. The lowest BCUT2D eigenvalue weighted by atomic mass is 10.1. The molecule has 1 fully saturated rings. The minimum Gasteiger partial charge on any atom is -0.363 e. The van der Waals surface area contributed by atoms with Crippen molar-refractivity contribution in [2.75, 3.05) is 25.5 Å². The van der Waals surface area contributed by atoms with Crippen molar-refractivity contribution in [1.29, 1.82) is 0 Å². The Kier molecular flexibility index (Phi) is 4.85. The zero-order chi connectivity index (χ0) is 17.3. The van der Waals surface area contributed by atoms with Crippen molar-refractivity contribution in [1.82, 2.24) is 24.4 Å². The summed E-state index contributed by atoms with van der Waals surface area (Å²) in [6.45, 7) is 8.33. The Morgan fingerprint density at radius 3 is 2.79 bits per heavy atom. The molecule has 6 nitrogen and oxygen atoms in total. The van der Waals surface area contributed by atoms with Gasteiger partial charge in [0.15, 0.2) is 0 Å². The molecule has 0 aliphatic carbocycles. The zero-order valence-electron chi connectivity index (χ0n) is 15.4. The normalized spacial score (nSPS) is 18.5. The van der Waals surface area contributed by atoms with Crippen LogP contribution in [0.3, 0.4) is 0 Å². The molecule has 0 bridgehead atoms. The number of aryl methyl sites for hydroxylation is 1. The molecule has 2 aromatic rings. The fourth-order valence-electron chi connectivity index (χ4n) is 3.44. The lowest BCUT2D eigenvalue weighted by Crippen LogP contribution is -2.26. The van der Waals surface area contributed by atoms with Crippen molar-refractivity contribution >= 4 is 5.82 Å². The molecule has 1 saturated heterocycles. The molecule has 0 saturated carbocycles. The first kappa shape index (κ1) is 16.9. The summed E-state index contributed by atoms with van der Waals surface area (Å²) in [5.41, 5.74) is 1.13. The first-order chi connectivity index (χ1) is 11.5. The molecule has 0 radical (unpaired) electrons. The summed E-state index contributed by atoms with van der Waals surface area (Å²) in [5.74, 6) is 2.95. The van der Waals surface area contributed by atoms with Crippen LogP contribution in [0.1, 0.15) is 56.1 Å². The van der Waals surface area contributed by atoms with E-state index in [1.165, 1.54) is 6.42 Å². The lowest BCUT2D eigenvalue weighted by Gasteiger charge is -2.25. The smallest absolute Gasteiger partial charge is 0.132 e. The Morgan fingerprint density at radius 1 is 1.29 bits per heavy atom. The molecule has 6 heteroatoms. The molecule has 3 rings (SSSR count). The third-order valence-electron chi connectivity index (χ3n) is 4.66. The first-order valence-corrected chi connectivity index (χ1v) is 8.74. The van der Waals surface area contributed by atoms with Crippen molar-refractivity contribution < 1.29 is 0 Å². The maximum Gasteiger partial charge on any atom is 0.132 e. The molecule has 0 N–H and O–H groups in total. The SMILES string of the molecule is Cc1nc(C2CCCN2Cc2nccn2C(C)C)cc(N(C)C)n1. The van der Waals surface area contributed by atoms with Gasteiger partial charge >= 0.3 is 0 Å². The highest BCUT2D eigenvalue weighted by Gasteiger charge is 2.29. The van der Waals surface area contributed by atoms with E-state index in [4.69, 9.17) is 4.98 Å². The molecule has 3 heterocycles. The number of hydrogen-bond acceptors (Lipinski definition) is 5. The van der Waals surface area contributed by atoms with E-state index in [1.54, 1.807) is 0 Å². The van der Waals surface area contributed by atoms with Gasteiger partial charge in [-0.15, -0.1) is 0 Å². The van der Waals surface area contributed by atoms with Crippen LogP contribution in [-0.2, 0) is 6.54 Å². The summed E-state index contributed by atoms with van der Waals surface area (Å²) < 4.78 is 2.26. The van der Waals surface area contributed by atoms with Crippen LogP contribution in [0.5, 0.6) is 0 Å². The van der Waals surface area contributed by atoms with E-state index in [-0.39, 0.29) is 0 Å². The molecule has 1 atom stereocenters. The summed E-state index contributed by atoms with van der Waals surface area (Å²) in [6.07, 6.45) is 6.32. The quantitative estimate of drug-likeness (QED) is 0.844. The van der Waals surface area contributed by atoms with Gasteiger partial charge in [0.05, 0.1) is 18.3 Å². The van der Waals surface area contributed by atoms with Gasteiger partial charge in [0.2, 0.25) is 0 Å². The van der Waals surface area contributed by atoms with Crippen molar-refractivity contribution in [3.8, 4) is 0 Å². The molecular formula is C18H28N6.